The molecule has 1 heterocycles. The van der Waals surface area contributed by atoms with Crippen molar-refractivity contribution in [2.45, 2.75) is 36.6 Å². The fourth-order valence-corrected chi connectivity index (χ4v) is 5.46. The third kappa shape index (κ3) is 5.42. The molecule has 0 atom stereocenters. The highest BCUT2D eigenvalue weighted by atomic mass is 32.2. The first-order valence-electron chi connectivity index (χ1n) is 10.2. The van der Waals surface area contributed by atoms with Crippen LogP contribution in [-0.4, -0.2) is 26.3 Å². The highest BCUT2D eigenvalue weighted by Gasteiger charge is 2.23. The van der Waals surface area contributed by atoms with Crippen molar-refractivity contribution in [1.29, 1.82) is 0 Å². The molecule has 1 saturated carbocycles. The minimum atomic E-state index is -3.71. The molecule has 2 aromatic carbocycles. The SMILES string of the molecule is O=C(Oc1ccc(NC(=O)c2cccs2)cc1)c1cccc(S(=O)(=O)NC2CCCC2)c1. The van der Waals surface area contributed by atoms with Gasteiger partial charge in [0.05, 0.1) is 15.3 Å². The van der Waals surface area contributed by atoms with Crippen LogP contribution in [0.4, 0.5) is 5.69 Å². The van der Waals surface area contributed by atoms with Crippen LogP contribution in [0, 0.1) is 0 Å². The van der Waals surface area contributed by atoms with Crippen molar-refractivity contribution in [1.82, 2.24) is 4.72 Å². The maximum Gasteiger partial charge on any atom is 0.343 e. The number of nitrogens with one attached hydrogen (secondary N) is 2. The third-order valence-electron chi connectivity index (χ3n) is 5.12. The largest absolute Gasteiger partial charge is 0.423 e. The van der Waals surface area contributed by atoms with Gasteiger partial charge in [-0.3, -0.25) is 4.79 Å². The molecule has 0 aliphatic heterocycles. The number of hydrogen-bond donors (Lipinski definition) is 2. The van der Waals surface area contributed by atoms with Gasteiger partial charge in [0, 0.05) is 11.7 Å². The Bertz CT molecular complexity index is 1200. The number of rotatable bonds is 7. The average Bonchev–Trinajstić information content (AvgIpc) is 3.49. The van der Waals surface area contributed by atoms with Gasteiger partial charge in [0.1, 0.15) is 5.75 Å². The molecule has 9 heteroatoms. The second-order valence-corrected chi connectivity index (χ2v) is 10.1. The van der Waals surface area contributed by atoms with Gasteiger partial charge in [-0.25, -0.2) is 17.9 Å². The Kier molecular flexibility index (Phi) is 6.69. The first-order valence-corrected chi connectivity index (χ1v) is 12.6. The van der Waals surface area contributed by atoms with E-state index in [0.717, 1.165) is 25.7 Å². The summed E-state index contributed by atoms with van der Waals surface area (Å²) in [6.45, 7) is 0. The Morgan fingerprint density at radius 3 is 2.41 bits per heavy atom. The number of amides is 1. The summed E-state index contributed by atoms with van der Waals surface area (Å²) in [5.41, 5.74) is 0.698. The van der Waals surface area contributed by atoms with Gasteiger partial charge < -0.3 is 10.1 Å². The van der Waals surface area contributed by atoms with Crippen LogP contribution in [0.3, 0.4) is 0 Å². The molecule has 1 fully saturated rings. The van der Waals surface area contributed by atoms with Gasteiger partial charge in [-0.15, -0.1) is 11.3 Å². The zero-order valence-corrected chi connectivity index (χ0v) is 18.7. The monoisotopic (exact) mass is 470 g/mol. The van der Waals surface area contributed by atoms with Crippen molar-refractivity contribution < 1.29 is 22.7 Å². The Labute approximate surface area is 190 Å². The van der Waals surface area contributed by atoms with Crippen LogP contribution >= 0.6 is 11.3 Å². The average molecular weight is 471 g/mol. The smallest absolute Gasteiger partial charge is 0.343 e. The maximum atomic E-state index is 12.6. The maximum absolute atomic E-state index is 12.6. The number of benzene rings is 2. The highest BCUT2D eigenvalue weighted by molar-refractivity contribution is 7.89. The summed E-state index contributed by atoms with van der Waals surface area (Å²) in [5, 5.41) is 4.59. The number of carbonyl (C=O) groups excluding carboxylic acids is 2. The van der Waals surface area contributed by atoms with Crippen molar-refractivity contribution >= 4 is 38.9 Å². The first-order chi connectivity index (χ1) is 15.4. The van der Waals surface area contributed by atoms with Crippen LogP contribution in [0.25, 0.3) is 0 Å². The van der Waals surface area contributed by atoms with Crippen LogP contribution < -0.4 is 14.8 Å². The number of ether oxygens (including phenoxy) is 1. The minimum Gasteiger partial charge on any atom is -0.423 e. The summed E-state index contributed by atoms with van der Waals surface area (Å²) in [6, 6.07) is 15.6. The molecule has 166 valence electrons. The van der Waals surface area contributed by atoms with Crippen molar-refractivity contribution in [2.75, 3.05) is 5.32 Å². The summed E-state index contributed by atoms with van der Waals surface area (Å²) in [5.74, 6) is -0.603. The Balaban J connectivity index is 1.40. The van der Waals surface area contributed by atoms with Crippen LogP contribution in [0.15, 0.2) is 70.9 Å². The highest BCUT2D eigenvalue weighted by Crippen LogP contribution is 2.22. The molecule has 0 unspecified atom stereocenters. The fraction of sp³-hybridized carbons (Fsp3) is 0.217. The molecular weight excluding hydrogens is 448 g/mol. The lowest BCUT2D eigenvalue weighted by molar-refractivity contribution is 0.0734. The number of hydrogen-bond acceptors (Lipinski definition) is 6. The van der Waals surface area contributed by atoms with E-state index >= 15 is 0 Å². The van der Waals surface area contributed by atoms with Gasteiger partial charge in [0.25, 0.3) is 5.91 Å². The lowest BCUT2D eigenvalue weighted by Crippen LogP contribution is -2.32. The van der Waals surface area contributed by atoms with Gasteiger partial charge >= 0.3 is 5.97 Å². The molecule has 0 spiro atoms. The van der Waals surface area contributed by atoms with Crippen molar-refractivity contribution in [3.63, 3.8) is 0 Å². The molecule has 3 aromatic rings. The van der Waals surface area contributed by atoms with Crippen LogP contribution in [-0.2, 0) is 10.0 Å². The molecule has 32 heavy (non-hydrogen) atoms. The van der Waals surface area contributed by atoms with Gasteiger partial charge in [0.15, 0.2) is 0 Å². The van der Waals surface area contributed by atoms with E-state index in [-0.39, 0.29) is 28.2 Å². The molecular formula is C23H22N2O5S2. The van der Waals surface area contributed by atoms with E-state index in [1.165, 1.54) is 35.6 Å². The molecule has 7 nitrogen and oxygen atoms in total. The predicted molar refractivity (Wildman–Crippen MR) is 123 cm³/mol. The lowest BCUT2D eigenvalue weighted by Gasteiger charge is -2.13. The Morgan fingerprint density at radius 1 is 0.969 bits per heavy atom. The second-order valence-electron chi connectivity index (χ2n) is 7.48. The molecule has 1 amide bonds. The topological polar surface area (TPSA) is 102 Å². The molecule has 0 bridgehead atoms. The molecule has 2 N–H and O–H groups in total. The quantitative estimate of drug-likeness (QED) is 0.393. The number of sulfonamides is 1. The summed E-state index contributed by atoms with van der Waals surface area (Å²) in [7, 11) is -3.71. The van der Waals surface area contributed by atoms with E-state index < -0.39 is 16.0 Å². The van der Waals surface area contributed by atoms with Gasteiger partial charge in [0.2, 0.25) is 10.0 Å². The van der Waals surface area contributed by atoms with Crippen LogP contribution in [0.5, 0.6) is 5.75 Å². The van der Waals surface area contributed by atoms with Crippen LogP contribution in [0.2, 0.25) is 0 Å². The zero-order chi connectivity index (χ0) is 22.6. The van der Waals surface area contributed by atoms with E-state index in [4.69, 9.17) is 4.74 Å². The fourth-order valence-electron chi connectivity index (χ4n) is 3.49. The third-order valence-corrected chi connectivity index (χ3v) is 7.51. The standard InChI is InChI=1S/C23H22N2O5S2/c26-22(21-9-4-14-31-21)24-17-10-12-19(13-11-17)30-23(27)16-5-3-8-20(15-16)32(28,29)25-18-6-1-2-7-18/h3-5,8-15,18,25H,1-2,6-7H2,(H,24,26). The number of esters is 1. The Hall–Kier alpha value is -3.01. The molecule has 1 aliphatic carbocycles. The summed E-state index contributed by atoms with van der Waals surface area (Å²) in [6.07, 6.45) is 3.67. The molecule has 0 radical (unpaired) electrons. The van der Waals surface area contributed by atoms with Crippen molar-refractivity contribution in [3.8, 4) is 5.75 Å². The molecule has 0 saturated heterocycles. The number of thiophene rings is 1. The van der Waals surface area contributed by atoms with Crippen molar-refractivity contribution in [2.24, 2.45) is 0 Å². The summed E-state index contributed by atoms with van der Waals surface area (Å²) in [4.78, 5) is 25.3. The van der Waals surface area contributed by atoms with E-state index in [1.54, 1.807) is 36.4 Å². The second kappa shape index (κ2) is 9.64. The van der Waals surface area contributed by atoms with Crippen molar-refractivity contribution in [3.05, 3.63) is 76.5 Å². The van der Waals surface area contributed by atoms with Gasteiger partial charge in [-0.2, -0.15) is 0 Å². The molecule has 4 rings (SSSR count). The summed E-state index contributed by atoms with van der Waals surface area (Å²) >= 11 is 1.34. The zero-order valence-electron chi connectivity index (χ0n) is 17.1. The molecule has 1 aliphatic rings. The van der Waals surface area contributed by atoms with Crippen LogP contribution in [0.1, 0.15) is 45.7 Å². The van der Waals surface area contributed by atoms with E-state index in [1.807, 2.05) is 5.38 Å². The lowest BCUT2D eigenvalue weighted by atomic mass is 10.2. The van der Waals surface area contributed by atoms with E-state index in [2.05, 4.69) is 10.0 Å². The predicted octanol–water partition coefficient (Wildman–Crippen LogP) is 4.44. The number of carbonyl (C=O) groups is 2. The molecule has 1 aromatic heterocycles. The van der Waals surface area contributed by atoms with Gasteiger partial charge in [-0.1, -0.05) is 25.0 Å². The van der Waals surface area contributed by atoms with E-state index in [0.29, 0.717) is 10.6 Å². The number of anilines is 1. The normalized spacial score (nSPS) is 14.2. The van der Waals surface area contributed by atoms with Gasteiger partial charge in [-0.05, 0) is 66.8 Å². The minimum absolute atomic E-state index is 0.0329. The summed E-state index contributed by atoms with van der Waals surface area (Å²) < 4.78 is 33.3. The Morgan fingerprint density at radius 2 is 1.72 bits per heavy atom. The van der Waals surface area contributed by atoms with E-state index in [9.17, 15) is 18.0 Å². The first kappa shape index (κ1) is 22.2.